The van der Waals surface area contributed by atoms with Crippen LogP contribution in [0.5, 0.6) is 0 Å². The van der Waals surface area contributed by atoms with Crippen molar-refractivity contribution >= 4 is 18.3 Å². The highest BCUT2D eigenvalue weighted by Crippen LogP contribution is 2.21. The molecule has 0 saturated carbocycles. The van der Waals surface area contributed by atoms with Crippen LogP contribution < -0.4 is 11.1 Å². The maximum Gasteiger partial charge on any atom is 0.225 e. The molecule has 0 radical (unpaired) electrons. The van der Waals surface area contributed by atoms with Crippen LogP contribution in [0.4, 0.5) is 0 Å². The first-order valence-electron chi connectivity index (χ1n) is 6.39. The van der Waals surface area contributed by atoms with Gasteiger partial charge in [0, 0.05) is 12.0 Å². The number of nitrogens with one attached hydrogen (secondary N) is 1. The van der Waals surface area contributed by atoms with E-state index >= 15 is 0 Å². The number of rotatable bonds is 4. The fourth-order valence-electron chi connectivity index (χ4n) is 1.77. The van der Waals surface area contributed by atoms with E-state index in [0.29, 0.717) is 0 Å². The van der Waals surface area contributed by atoms with Crippen LogP contribution >= 0.6 is 12.4 Å². The Kier molecular flexibility index (Phi) is 6.53. The first-order valence-corrected chi connectivity index (χ1v) is 6.39. The van der Waals surface area contributed by atoms with E-state index in [2.05, 4.69) is 11.4 Å². The Labute approximate surface area is 122 Å². The van der Waals surface area contributed by atoms with E-state index < -0.39 is 0 Å². The summed E-state index contributed by atoms with van der Waals surface area (Å²) in [7, 11) is 0. The van der Waals surface area contributed by atoms with Gasteiger partial charge in [0.25, 0.3) is 0 Å². The fourth-order valence-corrected chi connectivity index (χ4v) is 1.77. The third kappa shape index (κ3) is 4.84. The van der Waals surface area contributed by atoms with Gasteiger partial charge in [0.05, 0.1) is 5.54 Å². The van der Waals surface area contributed by atoms with Crippen LogP contribution in [0.25, 0.3) is 0 Å². The van der Waals surface area contributed by atoms with E-state index in [4.69, 9.17) is 5.73 Å². The highest BCUT2D eigenvalue weighted by Gasteiger charge is 2.26. The SMILES string of the molecule is Cc1cccc(C(C)(C)NC(=O)C(C)C(C)N)c1.Cl. The number of benzene rings is 1. The van der Waals surface area contributed by atoms with Gasteiger partial charge in [-0.05, 0) is 33.3 Å². The highest BCUT2D eigenvalue weighted by atomic mass is 35.5. The number of aryl methyl sites for hydroxylation is 1. The molecule has 0 aliphatic heterocycles. The molecule has 0 aliphatic carbocycles. The van der Waals surface area contributed by atoms with Gasteiger partial charge in [-0.25, -0.2) is 0 Å². The lowest BCUT2D eigenvalue weighted by atomic mass is 9.91. The molecule has 19 heavy (non-hydrogen) atoms. The smallest absolute Gasteiger partial charge is 0.225 e. The summed E-state index contributed by atoms with van der Waals surface area (Å²) < 4.78 is 0. The Morgan fingerprint density at radius 1 is 1.32 bits per heavy atom. The molecule has 0 spiro atoms. The van der Waals surface area contributed by atoms with Crippen molar-refractivity contribution in [3.63, 3.8) is 0 Å². The van der Waals surface area contributed by atoms with Gasteiger partial charge in [0.2, 0.25) is 5.91 Å². The van der Waals surface area contributed by atoms with Crippen molar-refractivity contribution in [1.29, 1.82) is 0 Å². The van der Waals surface area contributed by atoms with E-state index in [1.165, 1.54) is 5.56 Å². The summed E-state index contributed by atoms with van der Waals surface area (Å²) in [5.74, 6) is -0.189. The Morgan fingerprint density at radius 3 is 2.37 bits per heavy atom. The zero-order valence-corrected chi connectivity index (χ0v) is 13.2. The largest absolute Gasteiger partial charge is 0.347 e. The summed E-state index contributed by atoms with van der Waals surface area (Å²) in [4.78, 5) is 12.1. The van der Waals surface area contributed by atoms with Crippen LogP contribution in [0.1, 0.15) is 38.8 Å². The van der Waals surface area contributed by atoms with Crippen LogP contribution in [0.2, 0.25) is 0 Å². The zero-order chi connectivity index (χ0) is 13.9. The normalized spacial score (nSPS) is 14.2. The summed E-state index contributed by atoms with van der Waals surface area (Å²) in [5, 5.41) is 3.06. The summed E-state index contributed by atoms with van der Waals surface area (Å²) >= 11 is 0. The molecule has 4 heteroatoms. The van der Waals surface area contributed by atoms with Gasteiger partial charge < -0.3 is 11.1 Å². The molecule has 0 aromatic heterocycles. The molecule has 0 fully saturated rings. The van der Waals surface area contributed by atoms with Gasteiger partial charge in [-0.15, -0.1) is 12.4 Å². The molecule has 1 amide bonds. The number of nitrogens with two attached hydrogens (primary N) is 1. The molecular formula is C15H25ClN2O. The van der Waals surface area contributed by atoms with Crippen molar-refractivity contribution in [3.8, 4) is 0 Å². The maximum atomic E-state index is 12.1. The number of amides is 1. The van der Waals surface area contributed by atoms with Crippen LogP contribution in [0.15, 0.2) is 24.3 Å². The minimum Gasteiger partial charge on any atom is -0.347 e. The van der Waals surface area contributed by atoms with E-state index in [9.17, 15) is 4.79 Å². The molecule has 1 aromatic rings. The van der Waals surface area contributed by atoms with Crippen LogP contribution in [-0.4, -0.2) is 11.9 Å². The molecule has 1 rings (SSSR count). The van der Waals surface area contributed by atoms with Crippen LogP contribution in [0, 0.1) is 12.8 Å². The Hall–Kier alpha value is -1.06. The Bertz CT molecular complexity index is 430. The van der Waals surface area contributed by atoms with Gasteiger partial charge in [-0.1, -0.05) is 36.8 Å². The third-order valence-corrected chi connectivity index (χ3v) is 3.38. The lowest BCUT2D eigenvalue weighted by molar-refractivity contribution is -0.126. The van der Waals surface area contributed by atoms with Gasteiger partial charge >= 0.3 is 0 Å². The molecule has 108 valence electrons. The second-order valence-corrected chi connectivity index (χ2v) is 5.63. The molecule has 2 atom stereocenters. The average Bonchev–Trinajstić information content (AvgIpc) is 2.27. The summed E-state index contributed by atoms with van der Waals surface area (Å²) in [6, 6.07) is 8.04. The molecule has 0 aliphatic rings. The van der Waals surface area contributed by atoms with Gasteiger partial charge in [0.1, 0.15) is 0 Å². The molecule has 0 heterocycles. The second kappa shape index (κ2) is 6.92. The molecule has 0 bridgehead atoms. The molecule has 2 unspecified atom stereocenters. The van der Waals surface area contributed by atoms with E-state index in [1.54, 1.807) is 0 Å². The summed E-state index contributed by atoms with van der Waals surface area (Å²) in [6.45, 7) is 9.77. The van der Waals surface area contributed by atoms with Crippen molar-refractivity contribution in [2.24, 2.45) is 11.7 Å². The van der Waals surface area contributed by atoms with Crippen LogP contribution in [-0.2, 0) is 10.3 Å². The number of halogens is 1. The molecule has 3 nitrogen and oxygen atoms in total. The first kappa shape index (κ1) is 17.9. The predicted molar refractivity (Wildman–Crippen MR) is 82.4 cm³/mol. The monoisotopic (exact) mass is 284 g/mol. The van der Waals surface area contributed by atoms with E-state index in [0.717, 1.165) is 5.56 Å². The predicted octanol–water partition coefficient (Wildman–Crippen LogP) is 2.75. The maximum absolute atomic E-state index is 12.1. The number of carbonyl (C=O) groups is 1. The first-order chi connectivity index (χ1) is 8.24. The van der Waals surface area contributed by atoms with Gasteiger partial charge in [-0.2, -0.15) is 0 Å². The minimum absolute atomic E-state index is 0. The summed E-state index contributed by atoms with van der Waals surface area (Å²) in [6.07, 6.45) is 0. The second-order valence-electron chi connectivity index (χ2n) is 5.63. The molecular weight excluding hydrogens is 260 g/mol. The molecule has 0 saturated heterocycles. The fraction of sp³-hybridized carbons (Fsp3) is 0.533. The van der Waals surface area contributed by atoms with Crippen molar-refractivity contribution in [3.05, 3.63) is 35.4 Å². The standard InChI is InChI=1S/C15H24N2O.ClH/c1-10-7-6-8-13(9-10)15(4,5)17-14(18)11(2)12(3)16;/h6-9,11-12H,16H2,1-5H3,(H,17,18);1H. The van der Waals surface area contributed by atoms with E-state index in [-0.39, 0.29) is 35.8 Å². The van der Waals surface area contributed by atoms with Crippen molar-refractivity contribution < 1.29 is 4.79 Å². The molecule has 3 N–H and O–H groups in total. The highest BCUT2D eigenvalue weighted by molar-refractivity contribution is 5.85. The van der Waals surface area contributed by atoms with Gasteiger partial charge in [0.15, 0.2) is 0 Å². The number of carbonyl (C=O) groups excluding carboxylic acids is 1. The number of hydrogen-bond acceptors (Lipinski definition) is 2. The Morgan fingerprint density at radius 2 is 1.89 bits per heavy atom. The zero-order valence-electron chi connectivity index (χ0n) is 12.4. The lowest BCUT2D eigenvalue weighted by Gasteiger charge is -2.29. The third-order valence-electron chi connectivity index (χ3n) is 3.38. The summed E-state index contributed by atoms with van der Waals surface area (Å²) in [5.41, 5.74) is 7.67. The van der Waals surface area contributed by atoms with E-state index in [1.807, 2.05) is 52.8 Å². The van der Waals surface area contributed by atoms with Crippen molar-refractivity contribution in [2.75, 3.05) is 0 Å². The van der Waals surface area contributed by atoms with Crippen LogP contribution in [0.3, 0.4) is 0 Å². The van der Waals surface area contributed by atoms with Crippen molar-refractivity contribution in [1.82, 2.24) is 5.32 Å². The Balaban J connectivity index is 0.00000324. The average molecular weight is 285 g/mol. The quantitative estimate of drug-likeness (QED) is 0.893. The minimum atomic E-state index is -0.383. The lowest BCUT2D eigenvalue weighted by Crippen LogP contribution is -2.47. The van der Waals surface area contributed by atoms with Crippen molar-refractivity contribution in [2.45, 2.75) is 46.2 Å². The molecule has 1 aromatic carbocycles. The van der Waals surface area contributed by atoms with Gasteiger partial charge in [-0.3, -0.25) is 4.79 Å². The topological polar surface area (TPSA) is 55.1 Å². The number of hydrogen-bond donors (Lipinski definition) is 2.